The lowest BCUT2D eigenvalue weighted by molar-refractivity contribution is -0.121. The number of nitrogens with zero attached hydrogens (tertiary/aromatic N) is 2. The Hall–Kier alpha value is -2.40. The number of amides is 1. The minimum Gasteiger partial charge on any atom is -0.352 e. The first kappa shape index (κ1) is 18.9. The van der Waals surface area contributed by atoms with Crippen molar-refractivity contribution in [3.05, 3.63) is 54.6 Å². The predicted molar refractivity (Wildman–Crippen MR) is 115 cm³/mol. The lowest BCUT2D eigenvalue weighted by Crippen LogP contribution is -2.40. The van der Waals surface area contributed by atoms with Gasteiger partial charge in [-0.25, -0.2) is 0 Å². The summed E-state index contributed by atoms with van der Waals surface area (Å²) in [4.78, 5) is 12.7. The van der Waals surface area contributed by atoms with Crippen molar-refractivity contribution in [2.45, 2.75) is 55.3 Å². The van der Waals surface area contributed by atoms with Crippen molar-refractivity contribution in [3.63, 3.8) is 0 Å². The van der Waals surface area contributed by atoms with Gasteiger partial charge in [0.1, 0.15) is 10.7 Å². The lowest BCUT2D eigenvalue weighted by Gasteiger charge is -2.24. The molecule has 144 valence electrons. The van der Waals surface area contributed by atoms with Crippen LogP contribution in [0.2, 0.25) is 0 Å². The Morgan fingerprint density at radius 1 is 0.964 bits per heavy atom. The van der Waals surface area contributed by atoms with Crippen molar-refractivity contribution in [1.29, 1.82) is 0 Å². The zero-order valence-corrected chi connectivity index (χ0v) is 16.9. The van der Waals surface area contributed by atoms with Gasteiger partial charge in [0.15, 0.2) is 0 Å². The summed E-state index contributed by atoms with van der Waals surface area (Å²) in [5, 5.41) is 14.9. The molecule has 0 aliphatic heterocycles. The topological polar surface area (TPSA) is 54.9 Å². The Morgan fingerprint density at radius 2 is 1.64 bits per heavy atom. The maximum Gasteiger partial charge on any atom is 0.233 e. The highest BCUT2D eigenvalue weighted by molar-refractivity contribution is 8.00. The molecule has 1 amide bonds. The van der Waals surface area contributed by atoms with Crippen LogP contribution in [0.3, 0.4) is 0 Å². The SMILES string of the molecule is C[C@H](Sc1nnc(-c2ccccc2)c2ccccc12)C(=O)NC1CCCCC1. The molecule has 0 bridgehead atoms. The molecule has 1 aromatic heterocycles. The maximum absolute atomic E-state index is 12.7. The minimum absolute atomic E-state index is 0.0925. The Bertz CT molecular complexity index is 954. The third kappa shape index (κ3) is 4.20. The fourth-order valence-electron chi connectivity index (χ4n) is 3.76. The summed E-state index contributed by atoms with van der Waals surface area (Å²) in [5.41, 5.74) is 1.92. The predicted octanol–water partition coefficient (Wildman–Crippen LogP) is 5.23. The molecule has 1 fully saturated rings. The molecule has 4 nitrogen and oxygen atoms in total. The molecular formula is C23H25N3OS. The number of fused-ring (bicyclic) bond motifs is 1. The van der Waals surface area contributed by atoms with Crippen LogP contribution < -0.4 is 5.32 Å². The first-order valence-electron chi connectivity index (χ1n) is 10.0. The van der Waals surface area contributed by atoms with Crippen LogP contribution in [-0.4, -0.2) is 27.4 Å². The van der Waals surface area contributed by atoms with Crippen molar-refractivity contribution < 1.29 is 4.79 Å². The third-order valence-corrected chi connectivity index (χ3v) is 6.40. The van der Waals surface area contributed by atoms with Crippen LogP contribution in [-0.2, 0) is 4.79 Å². The number of hydrogen-bond acceptors (Lipinski definition) is 4. The molecule has 4 rings (SSSR count). The maximum atomic E-state index is 12.7. The summed E-state index contributed by atoms with van der Waals surface area (Å²) >= 11 is 1.49. The molecule has 1 aliphatic rings. The molecule has 28 heavy (non-hydrogen) atoms. The van der Waals surface area contributed by atoms with Gasteiger partial charge < -0.3 is 5.32 Å². The van der Waals surface area contributed by atoms with Crippen LogP contribution in [0.5, 0.6) is 0 Å². The number of nitrogens with one attached hydrogen (secondary N) is 1. The molecular weight excluding hydrogens is 366 g/mol. The number of thioether (sulfide) groups is 1. The van der Waals surface area contributed by atoms with E-state index in [9.17, 15) is 4.79 Å². The Morgan fingerprint density at radius 3 is 2.39 bits per heavy atom. The van der Waals surface area contributed by atoms with Crippen LogP contribution in [0.1, 0.15) is 39.0 Å². The van der Waals surface area contributed by atoms with E-state index in [2.05, 4.69) is 27.6 Å². The molecule has 0 spiro atoms. The van der Waals surface area contributed by atoms with E-state index in [0.29, 0.717) is 6.04 Å². The van der Waals surface area contributed by atoms with Crippen molar-refractivity contribution in [3.8, 4) is 11.3 Å². The Labute approximate surface area is 170 Å². The van der Waals surface area contributed by atoms with Gasteiger partial charge >= 0.3 is 0 Å². The highest BCUT2D eigenvalue weighted by Crippen LogP contribution is 2.33. The molecule has 5 heteroatoms. The second-order valence-corrected chi connectivity index (χ2v) is 8.70. The van der Waals surface area contributed by atoms with E-state index in [1.807, 2.05) is 49.4 Å². The second kappa shape index (κ2) is 8.74. The first-order valence-corrected chi connectivity index (χ1v) is 10.9. The van der Waals surface area contributed by atoms with Gasteiger partial charge in [-0.1, -0.05) is 85.6 Å². The van der Waals surface area contributed by atoms with Crippen molar-refractivity contribution in [2.24, 2.45) is 0 Å². The van der Waals surface area contributed by atoms with Gasteiger partial charge in [-0.2, -0.15) is 0 Å². The van der Waals surface area contributed by atoms with Gasteiger partial charge in [-0.3, -0.25) is 4.79 Å². The summed E-state index contributed by atoms with van der Waals surface area (Å²) in [7, 11) is 0. The molecule has 1 saturated carbocycles. The van der Waals surface area contributed by atoms with Crippen LogP contribution in [0.15, 0.2) is 59.6 Å². The van der Waals surface area contributed by atoms with Gasteiger partial charge in [0.05, 0.1) is 5.25 Å². The zero-order valence-electron chi connectivity index (χ0n) is 16.1. The van der Waals surface area contributed by atoms with Gasteiger partial charge in [-0.15, -0.1) is 10.2 Å². The fraction of sp³-hybridized carbons (Fsp3) is 0.348. The average Bonchev–Trinajstić information content (AvgIpc) is 2.75. The molecule has 0 unspecified atom stereocenters. The van der Waals surface area contributed by atoms with Crippen LogP contribution in [0, 0.1) is 0 Å². The minimum atomic E-state index is -0.206. The molecule has 3 aromatic rings. The van der Waals surface area contributed by atoms with Crippen molar-refractivity contribution >= 4 is 28.4 Å². The third-order valence-electron chi connectivity index (χ3n) is 5.31. The first-order chi connectivity index (χ1) is 13.7. The van der Waals surface area contributed by atoms with Gasteiger partial charge in [0.25, 0.3) is 0 Å². The van der Waals surface area contributed by atoms with E-state index in [1.165, 1.54) is 31.0 Å². The molecule has 1 atom stereocenters. The summed E-state index contributed by atoms with van der Waals surface area (Å²) in [5.74, 6) is 0.0925. The van der Waals surface area contributed by atoms with E-state index in [4.69, 9.17) is 0 Å². The number of hydrogen-bond donors (Lipinski definition) is 1. The summed E-state index contributed by atoms with van der Waals surface area (Å²) in [6.07, 6.45) is 5.90. The molecule has 0 radical (unpaired) electrons. The standard InChI is InChI=1S/C23H25N3OS/c1-16(22(27)24-18-12-6-3-7-13-18)28-23-20-15-9-8-14-19(20)21(25-26-23)17-10-4-2-5-11-17/h2,4-5,8-11,14-16,18H,3,6-7,12-13H2,1H3,(H,24,27)/t16-/m0/s1. The fourth-order valence-corrected chi connectivity index (χ4v) is 4.66. The van der Waals surface area contributed by atoms with Crippen LogP contribution >= 0.6 is 11.8 Å². The van der Waals surface area contributed by atoms with Crippen LogP contribution in [0.4, 0.5) is 0 Å². The van der Waals surface area contributed by atoms with Gasteiger partial charge in [0.2, 0.25) is 5.91 Å². The summed E-state index contributed by atoms with van der Waals surface area (Å²) in [6.45, 7) is 1.95. The molecule has 1 heterocycles. The number of carbonyl (C=O) groups is 1. The Balaban J connectivity index is 1.56. The number of carbonyl (C=O) groups excluding carboxylic acids is 1. The normalized spacial score (nSPS) is 16.0. The highest BCUT2D eigenvalue weighted by atomic mass is 32.2. The van der Waals surface area contributed by atoms with Gasteiger partial charge in [-0.05, 0) is 19.8 Å². The van der Waals surface area contributed by atoms with Crippen LogP contribution in [0.25, 0.3) is 22.0 Å². The van der Waals surface area contributed by atoms with E-state index in [1.54, 1.807) is 0 Å². The van der Waals surface area contributed by atoms with E-state index in [0.717, 1.165) is 39.9 Å². The molecule has 1 aliphatic carbocycles. The highest BCUT2D eigenvalue weighted by Gasteiger charge is 2.22. The second-order valence-electron chi connectivity index (χ2n) is 7.37. The summed E-state index contributed by atoms with van der Waals surface area (Å²) in [6, 6.07) is 18.6. The van der Waals surface area contributed by atoms with Crippen molar-refractivity contribution in [1.82, 2.24) is 15.5 Å². The van der Waals surface area contributed by atoms with E-state index >= 15 is 0 Å². The zero-order chi connectivity index (χ0) is 19.3. The Kier molecular flexibility index (Phi) is 5.91. The molecule has 1 N–H and O–H groups in total. The monoisotopic (exact) mass is 391 g/mol. The number of benzene rings is 2. The lowest BCUT2D eigenvalue weighted by atomic mass is 9.95. The number of rotatable bonds is 5. The van der Waals surface area contributed by atoms with E-state index in [-0.39, 0.29) is 11.2 Å². The molecule has 0 saturated heterocycles. The van der Waals surface area contributed by atoms with Gasteiger partial charge in [0, 0.05) is 22.4 Å². The van der Waals surface area contributed by atoms with Crippen molar-refractivity contribution in [2.75, 3.05) is 0 Å². The average molecular weight is 392 g/mol. The quantitative estimate of drug-likeness (QED) is 0.605. The molecule has 2 aromatic carbocycles. The van der Waals surface area contributed by atoms with E-state index < -0.39 is 0 Å². The summed E-state index contributed by atoms with van der Waals surface area (Å²) < 4.78 is 0. The largest absolute Gasteiger partial charge is 0.352 e. The smallest absolute Gasteiger partial charge is 0.233 e. The number of aromatic nitrogens is 2.